The van der Waals surface area contributed by atoms with E-state index in [1.165, 1.54) is 12.1 Å². The SMILES string of the molecule is CSCC(Cc1ccc(F)cc1Br)NN. The molecule has 0 aliphatic heterocycles. The minimum atomic E-state index is -0.229. The van der Waals surface area contributed by atoms with Crippen molar-refractivity contribution >= 4 is 27.7 Å². The monoisotopic (exact) mass is 292 g/mol. The molecule has 0 aliphatic rings. The smallest absolute Gasteiger partial charge is 0.124 e. The van der Waals surface area contributed by atoms with Crippen molar-refractivity contribution in [3.8, 4) is 0 Å². The minimum absolute atomic E-state index is 0.210. The standard InChI is InChI=1S/C10H14BrFN2S/c1-15-6-9(14-13)4-7-2-3-8(12)5-10(7)11/h2-3,5,9,14H,4,6,13H2,1H3. The summed E-state index contributed by atoms with van der Waals surface area (Å²) in [7, 11) is 0. The molecule has 0 bridgehead atoms. The molecule has 3 N–H and O–H groups in total. The molecule has 1 rings (SSSR count). The quantitative estimate of drug-likeness (QED) is 0.646. The first-order valence-electron chi connectivity index (χ1n) is 4.56. The van der Waals surface area contributed by atoms with Gasteiger partial charge >= 0.3 is 0 Å². The molecule has 0 aliphatic carbocycles. The Bertz CT molecular complexity index is 322. The van der Waals surface area contributed by atoms with Crippen LogP contribution in [0.25, 0.3) is 0 Å². The highest BCUT2D eigenvalue weighted by Crippen LogP contribution is 2.20. The Labute approximate surface area is 102 Å². The fraction of sp³-hybridized carbons (Fsp3) is 0.400. The van der Waals surface area contributed by atoms with Gasteiger partial charge in [0.25, 0.3) is 0 Å². The summed E-state index contributed by atoms with van der Waals surface area (Å²) in [6.45, 7) is 0. The average Bonchev–Trinajstić information content (AvgIpc) is 2.21. The predicted octanol–water partition coefficient (Wildman–Crippen LogP) is 2.33. The molecular formula is C10H14BrFN2S. The van der Waals surface area contributed by atoms with Crippen LogP contribution in [0.2, 0.25) is 0 Å². The number of nitrogens with two attached hydrogens (primary N) is 1. The molecule has 2 nitrogen and oxygen atoms in total. The van der Waals surface area contributed by atoms with E-state index in [4.69, 9.17) is 5.84 Å². The lowest BCUT2D eigenvalue weighted by molar-refractivity contribution is 0.573. The highest BCUT2D eigenvalue weighted by atomic mass is 79.9. The van der Waals surface area contributed by atoms with Crippen molar-refractivity contribution < 1.29 is 4.39 Å². The Morgan fingerprint density at radius 2 is 2.33 bits per heavy atom. The van der Waals surface area contributed by atoms with Crippen LogP contribution in [0.1, 0.15) is 5.56 Å². The van der Waals surface area contributed by atoms with Gasteiger partial charge in [-0.15, -0.1) is 0 Å². The molecule has 0 saturated carbocycles. The van der Waals surface area contributed by atoms with Crippen LogP contribution in [0.3, 0.4) is 0 Å². The van der Waals surface area contributed by atoms with E-state index in [-0.39, 0.29) is 11.9 Å². The van der Waals surface area contributed by atoms with Crippen LogP contribution in [0.5, 0.6) is 0 Å². The van der Waals surface area contributed by atoms with Crippen molar-refractivity contribution in [3.63, 3.8) is 0 Å². The van der Waals surface area contributed by atoms with Crippen LogP contribution in [-0.4, -0.2) is 18.1 Å². The number of rotatable bonds is 5. The molecule has 1 unspecified atom stereocenters. The summed E-state index contributed by atoms with van der Waals surface area (Å²) in [4.78, 5) is 0. The van der Waals surface area contributed by atoms with Crippen LogP contribution in [0.4, 0.5) is 4.39 Å². The van der Waals surface area contributed by atoms with E-state index in [9.17, 15) is 4.39 Å². The molecule has 0 fully saturated rings. The summed E-state index contributed by atoms with van der Waals surface area (Å²) in [5.41, 5.74) is 3.82. The molecule has 84 valence electrons. The van der Waals surface area contributed by atoms with Gasteiger partial charge in [-0.1, -0.05) is 22.0 Å². The van der Waals surface area contributed by atoms with Crippen molar-refractivity contribution in [1.82, 2.24) is 5.43 Å². The van der Waals surface area contributed by atoms with Crippen LogP contribution in [0, 0.1) is 5.82 Å². The molecule has 1 atom stereocenters. The normalized spacial score (nSPS) is 12.8. The zero-order valence-corrected chi connectivity index (χ0v) is 10.9. The maximum Gasteiger partial charge on any atom is 0.124 e. The van der Waals surface area contributed by atoms with Gasteiger partial charge in [-0.05, 0) is 30.4 Å². The second-order valence-electron chi connectivity index (χ2n) is 3.26. The van der Waals surface area contributed by atoms with Gasteiger partial charge in [0.1, 0.15) is 5.82 Å². The van der Waals surface area contributed by atoms with E-state index in [1.54, 1.807) is 17.8 Å². The van der Waals surface area contributed by atoms with E-state index in [0.29, 0.717) is 0 Å². The zero-order chi connectivity index (χ0) is 11.3. The Balaban J connectivity index is 2.70. The summed E-state index contributed by atoms with van der Waals surface area (Å²) in [6, 6.07) is 4.93. The molecule has 5 heteroatoms. The summed E-state index contributed by atoms with van der Waals surface area (Å²) >= 11 is 5.07. The van der Waals surface area contributed by atoms with Crippen LogP contribution >= 0.6 is 27.7 Å². The zero-order valence-electron chi connectivity index (χ0n) is 8.47. The van der Waals surface area contributed by atoms with Crippen molar-refractivity contribution in [3.05, 3.63) is 34.1 Å². The molecule has 0 amide bonds. The Kier molecular flexibility index (Phi) is 5.60. The highest BCUT2D eigenvalue weighted by Gasteiger charge is 2.09. The van der Waals surface area contributed by atoms with Crippen molar-refractivity contribution in [1.29, 1.82) is 0 Å². The second kappa shape index (κ2) is 6.48. The van der Waals surface area contributed by atoms with Gasteiger partial charge < -0.3 is 0 Å². The largest absolute Gasteiger partial charge is 0.271 e. The van der Waals surface area contributed by atoms with E-state index in [1.807, 2.05) is 6.26 Å². The molecule has 0 heterocycles. The van der Waals surface area contributed by atoms with Crippen LogP contribution in [0.15, 0.2) is 22.7 Å². The number of hydrogen-bond donors (Lipinski definition) is 2. The lowest BCUT2D eigenvalue weighted by atomic mass is 10.1. The van der Waals surface area contributed by atoms with Crippen LogP contribution in [-0.2, 0) is 6.42 Å². The van der Waals surface area contributed by atoms with E-state index in [0.717, 1.165) is 22.2 Å². The Morgan fingerprint density at radius 1 is 1.60 bits per heavy atom. The van der Waals surface area contributed by atoms with Gasteiger partial charge in [-0.2, -0.15) is 11.8 Å². The maximum absolute atomic E-state index is 12.8. The first kappa shape index (κ1) is 13.0. The van der Waals surface area contributed by atoms with E-state index >= 15 is 0 Å². The van der Waals surface area contributed by atoms with Gasteiger partial charge in [0.05, 0.1) is 0 Å². The van der Waals surface area contributed by atoms with E-state index in [2.05, 4.69) is 21.4 Å². The third kappa shape index (κ3) is 4.10. The molecule has 15 heavy (non-hydrogen) atoms. The molecule has 0 radical (unpaired) electrons. The molecular weight excluding hydrogens is 279 g/mol. The second-order valence-corrected chi connectivity index (χ2v) is 5.02. The number of hydrazine groups is 1. The fourth-order valence-electron chi connectivity index (χ4n) is 1.32. The Morgan fingerprint density at radius 3 is 2.87 bits per heavy atom. The van der Waals surface area contributed by atoms with Crippen molar-refractivity contribution in [2.75, 3.05) is 12.0 Å². The van der Waals surface area contributed by atoms with Gasteiger partial charge in [-0.3, -0.25) is 11.3 Å². The topological polar surface area (TPSA) is 38.0 Å². The molecule has 1 aromatic carbocycles. The highest BCUT2D eigenvalue weighted by molar-refractivity contribution is 9.10. The predicted molar refractivity (Wildman–Crippen MR) is 67.3 cm³/mol. The summed E-state index contributed by atoms with van der Waals surface area (Å²) in [5, 5.41) is 0. The first-order valence-corrected chi connectivity index (χ1v) is 6.75. The summed E-state index contributed by atoms with van der Waals surface area (Å²) < 4.78 is 13.6. The number of benzene rings is 1. The van der Waals surface area contributed by atoms with Crippen molar-refractivity contribution in [2.24, 2.45) is 5.84 Å². The number of halogens is 2. The maximum atomic E-state index is 12.8. The first-order chi connectivity index (χ1) is 7.17. The van der Waals surface area contributed by atoms with E-state index < -0.39 is 0 Å². The average molecular weight is 293 g/mol. The molecule has 0 spiro atoms. The molecule has 1 aromatic rings. The van der Waals surface area contributed by atoms with Gasteiger partial charge in [0, 0.05) is 16.3 Å². The Hall–Kier alpha value is -0.100. The lowest BCUT2D eigenvalue weighted by Gasteiger charge is -2.15. The summed E-state index contributed by atoms with van der Waals surface area (Å²) in [6.07, 6.45) is 2.82. The number of nitrogens with one attached hydrogen (secondary N) is 1. The van der Waals surface area contributed by atoms with Gasteiger partial charge in [0.2, 0.25) is 0 Å². The van der Waals surface area contributed by atoms with Gasteiger partial charge in [-0.25, -0.2) is 4.39 Å². The third-order valence-corrected chi connectivity index (χ3v) is 3.56. The number of thioether (sulfide) groups is 1. The summed E-state index contributed by atoms with van der Waals surface area (Å²) in [5.74, 6) is 6.14. The number of hydrogen-bond acceptors (Lipinski definition) is 3. The fourth-order valence-corrected chi connectivity index (χ4v) is 2.45. The van der Waals surface area contributed by atoms with Gasteiger partial charge in [0.15, 0.2) is 0 Å². The molecule has 0 aromatic heterocycles. The van der Waals surface area contributed by atoms with Crippen molar-refractivity contribution in [2.45, 2.75) is 12.5 Å². The molecule has 0 saturated heterocycles. The van der Waals surface area contributed by atoms with Crippen LogP contribution < -0.4 is 11.3 Å². The lowest BCUT2D eigenvalue weighted by Crippen LogP contribution is -2.38. The minimum Gasteiger partial charge on any atom is -0.271 e. The third-order valence-electron chi connectivity index (χ3n) is 2.08.